The largest absolute Gasteiger partial charge is 0.394 e. The van der Waals surface area contributed by atoms with Gasteiger partial charge in [0.25, 0.3) is 11.9 Å². The summed E-state index contributed by atoms with van der Waals surface area (Å²) in [6, 6.07) is 7.81. The number of carbonyl (C=O) groups excluding carboxylic acids is 2. The van der Waals surface area contributed by atoms with E-state index in [1.165, 1.54) is 11.1 Å². The van der Waals surface area contributed by atoms with Gasteiger partial charge in [-0.2, -0.15) is 4.99 Å². The Bertz CT molecular complexity index is 1500. The summed E-state index contributed by atoms with van der Waals surface area (Å²) in [6.07, 6.45) is 4.03. The van der Waals surface area contributed by atoms with Crippen LogP contribution in [0.3, 0.4) is 0 Å². The molecule has 2 aromatic heterocycles. The predicted octanol–water partition coefficient (Wildman–Crippen LogP) is 2.03. The quantitative estimate of drug-likeness (QED) is 0.137. The van der Waals surface area contributed by atoms with Crippen molar-refractivity contribution >= 4 is 47.2 Å². The lowest BCUT2D eigenvalue weighted by Crippen LogP contribution is -2.41. The van der Waals surface area contributed by atoms with Gasteiger partial charge in [0.1, 0.15) is 12.4 Å². The Morgan fingerprint density at radius 3 is 2.76 bits per heavy atom. The second-order valence-electron chi connectivity index (χ2n) is 9.44. The number of fused-ring (bicyclic) bond motifs is 1. The van der Waals surface area contributed by atoms with E-state index in [-0.39, 0.29) is 41.9 Å². The molecule has 5 N–H and O–H groups in total. The first-order valence-electron chi connectivity index (χ1n) is 12.7. The van der Waals surface area contributed by atoms with E-state index in [0.29, 0.717) is 28.2 Å². The molecule has 4 rings (SSSR count). The number of carbonyl (C=O) groups is 2. The topological polar surface area (TPSA) is 172 Å². The van der Waals surface area contributed by atoms with E-state index in [0.717, 1.165) is 11.8 Å². The molecule has 3 heterocycles. The Morgan fingerprint density at radius 2 is 2.07 bits per heavy atom. The number of hydrogen-bond donors (Lipinski definition) is 5. The van der Waals surface area contributed by atoms with Crippen molar-refractivity contribution in [3.05, 3.63) is 64.4 Å². The van der Waals surface area contributed by atoms with Gasteiger partial charge in [0, 0.05) is 38.5 Å². The third-order valence-electron chi connectivity index (χ3n) is 6.54. The summed E-state index contributed by atoms with van der Waals surface area (Å²) in [4.78, 5) is 46.7. The number of nitrogens with one attached hydrogen (secondary N) is 4. The first kappa shape index (κ1) is 29.5. The van der Waals surface area contributed by atoms with Crippen molar-refractivity contribution in [1.82, 2.24) is 36.0 Å². The van der Waals surface area contributed by atoms with Crippen LogP contribution in [0, 0.1) is 5.41 Å². The van der Waals surface area contributed by atoms with Crippen LogP contribution in [-0.2, 0) is 4.79 Å². The number of aromatic nitrogens is 3. The number of aliphatic imine (C=N–C) groups is 1. The maximum absolute atomic E-state index is 13.4. The number of aliphatic hydroxyl groups excluding tert-OH is 1. The third kappa shape index (κ3) is 6.48. The minimum Gasteiger partial charge on any atom is -0.394 e. The van der Waals surface area contributed by atoms with Crippen molar-refractivity contribution in [1.29, 1.82) is 5.41 Å². The van der Waals surface area contributed by atoms with E-state index in [1.807, 2.05) is 32.0 Å². The minimum absolute atomic E-state index is 0.0782. The molecule has 1 aliphatic rings. The summed E-state index contributed by atoms with van der Waals surface area (Å²) in [5.74, 6) is 0.251. The van der Waals surface area contributed by atoms with E-state index >= 15 is 0 Å². The lowest BCUT2D eigenvalue weighted by atomic mass is 10.0. The zero-order valence-corrected chi connectivity index (χ0v) is 23.8. The second kappa shape index (κ2) is 12.8. The molecule has 0 saturated heterocycles. The van der Waals surface area contributed by atoms with Crippen molar-refractivity contribution in [2.75, 3.05) is 39.2 Å². The maximum Gasteiger partial charge on any atom is 0.255 e. The number of benzene rings is 1. The van der Waals surface area contributed by atoms with Crippen LogP contribution in [0.15, 0.2) is 47.7 Å². The third-order valence-corrected chi connectivity index (χ3v) is 6.82. The molecule has 1 aliphatic heterocycles. The Kier molecular flexibility index (Phi) is 9.22. The van der Waals surface area contributed by atoms with Crippen molar-refractivity contribution in [3.63, 3.8) is 0 Å². The Morgan fingerprint density at radius 1 is 1.29 bits per heavy atom. The highest BCUT2D eigenvalue weighted by molar-refractivity contribution is 6.33. The summed E-state index contributed by atoms with van der Waals surface area (Å²) in [5.41, 5.74) is 8.22. The summed E-state index contributed by atoms with van der Waals surface area (Å²) < 4.78 is 0. The van der Waals surface area contributed by atoms with Crippen molar-refractivity contribution in [2.24, 2.45) is 4.99 Å². The van der Waals surface area contributed by atoms with Gasteiger partial charge in [0.05, 0.1) is 41.8 Å². The average Bonchev–Trinajstić information content (AvgIpc) is 3.20. The van der Waals surface area contributed by atoms with Crippen LogP contribution in [0.5, 0.6) is 0 Å². The molecule has 13 nitrogen and oxygen atoms in total. The number of amides is 2. The number of hydrazine groups is 1. The molecule has 0 unspecified atom stereocenters. The number of aliphatic hydroxyl groups is 1. The highest BCUT2D eigenvalue weighted by Crippen LogP contribution is 2.37. The molecule has 1 aromatic carbocycles. The van der Waals surface area contributed by atoms with Crippen LogP contribution in [-0.4, -0.2) is 83.1 Å². The average molecular weight is 579 g/mol. The monoisotopic (exact) mass is 578 g/mol. The Labute approximate surface area is 242 Å². The van der Waals surface area contributed by atoms with E-state index in [9.17, 15) is 14.7 Å². The molecule has 2 amide bonds. The van der Waals surface area contributed by atoms with Crippen molar-refractivity contribution in [3.8, 4) is 11.3 Å². The molecule has 0 aliphatic carbocycles. The number of rotatable bonds is 10. The number of anilines is 1. The summed E-state index contributed by atoms with van der Waals surface area (Å²) in [5, 5.41) is 20.5. The molecule has 0 bridgehead atoms. The second-order valence-corrected chi connectivity index (χ2v) is 9.85. The highest BCUT2D eigenvalue weighted by atomic mass is 35.5. The first-order chi connectivity index (χ1) is 19.7. The van der Waals surface area contributed by atoms with Gasteiger partial charge in [-0.3, -0.25) is 9.59 Å². The van der Waals surface area contributed by atoms with E-state index < -0.39 is 11.9 Å². The van der Waals surface area contributed by atoms with Gasteiger partial charge in [-0.05, 0) is 36.2 Å². The summed E-state index contributed by atoms with van der Waals surface area (Å²) in [7, 11) is 5.34. The lowest BCUT2D eigenvalue weighted by Gasteiger charge is -2.24. The van der Waals surface area contributed by atoms with Crippen LogP contribution >= 0.6 is 11.6 Å². The standard InChI is InChI=1S/C27H31ClN10O3/c1-15-18-6-5-17(25-20(28)12-32-27(35-25)34-22(11-29)36-30-2)9-19(18)26(41)38(15)13-24(40)33-21(14-39)16-7-8-31-23(10-16)37(3)4/h5-12,15,21,29-30,39H,13-14H2,1-4H3,(H,33,40)(H,32,34,35,36)/t15-,21-/m1/s1. The number of halogens is 1. The van der Waals surface area contributed by atoms with Crippen LogP contribution in [0.25, 0.3) is 11.3 Å². The first-order valence-corrected chi connectivity index (χ1v) is 13.1. The fraction of sp³-hybridized carbons (Fsp3) is 0.296. The highest BCUT2D eigenvalue weighted by Gasteiger charge is 2.35. The molecule has 0 fully saturated rings. The molecular weight excluding hydrogens is 548 g/mol. The van der Waals surface area contributed by atoms with Gasteiger partial charge >= 0.3 is 0 Å². The zero-order valence-electron chi connectivity index (χ0n) is 23.0. The van der Waals surface area contributed by atoms with Gasteiger partial charge < -0.3 is 31.1 Å². The smallest absolute Gasteiger partial charge is 0.255 e. The number of nitrogens with zero attached hydrogens (tertiary/aromatic N) is 6. The SMILES string of the molecule is CNNC(C=N)=Nc1ncc(Cl)c(-c2ccc3c(c2)C(=O)N(CC(=O)N[C@H](CO)c2ccnc(N(C)C)c2)[C@@H]3C)n1. The van der Waals surface area contributed by atoms with Crippen molar-refractivity contribution < 1.29 is 14.7 Å². The molecule has 0 spiro atoms. The van der Waals surface area contributed by atoms with E-state index in [2.05, 4.69) is 36.1 Å². The van der Waals surface area contributed by atoms with Gasteiger partial charge in [0.2, 0.25) is 5.91 Å². The van der Waals surface area contributed by atoms with Gasteiger partial charge in [-0.15, -0.1) is 0 Å². The number of pyridine rings is 1. The maximum atomic E-state index is 13.4. The zero-order chi connectivity index (χ0) is 29.7. The molecular formula is C27H31ClN10O3. The van der Waals surface area contributed by atoms with Crippen LogP contribution in [0.4, 0.5) is 11.8 Å². The molecule has 0 saturated carbocycles. The Balaban J connectivity index is 1.53. The molecule has 214 valence electrons. The Hall–Kier alpha value is -4.46. The van der Waals surface area contributed by atoms with Crippen LogP contribution in [0.2, 0.25) is 5.02 Å². The molecule has 2 atom stereocenters. The number of amidine groups is 1. The summed E-state index contributed by atoms with van der Waals surface area (Å²) in [6.45, 7) is 1.35. The molecule has 14 heteroatoms. The van der Waals surface area contributed by atoms with Crippen LogP contribution < -0.4 is 21.1 Å². The number of hydrogen-bond acceptors (Lipinski definition) is 10. The molecule has 3 aromatic rings. The predicted molar refractivity (Wildman–Crippen MR) is 157 cm³/mol. The fourth-order valence-corrected chi connectivity index (χ4v) is 4.63. The minimum atomic E-state index is -0.653. The van der Waals surface area contributed by atoms with Gasteiger partial charge in [0.15, 0.2) is 5.84 Å². The summed E-state index contributed by atoms with van der Waals surface area (Å²) >= 11 is 6.39. The van der Waals surface area contributed by atoms with E-state index in [4.69, 9.17) is 17.0 Å². The van der Waals surface area contributed by atoms with Gasteiger partial charge in [-0.25, -0.2) is 20.4 Å². The lowest BCUT2D eigenvalue weighted by molar-refractivity contribution is -0.123. The van der Waals surface area contributed by atoms with Gasteiger partial charge in [-0.1, -0.05) is 23.7 Å². The normalized spacial score (nSPS) is 15.4. The fourth-order valence-electron chi connectivity index (χ4n) is 4.43. The molecule has 41 heavy (non-hydrogen) atoms. The van der Waals surface area contributed by atoms with Crippen molar-refractivity contribution in [2.45, 2.75) is 19.0 Å². The van der Waals surface area contributed by atoms with E-state index in [1.54, 1.807) is 37.5 Å². The molecule has 0 radical (unpaired) electrons. The van der Waals surface area contributed by atoms with Crippen LogP contribution in [0.1, 0.15) is 40.5 Å².